The number of anilines is 1. The van der Waals surface area contributed by atoms with Gasteiger partial charge in [-0.05, 0) is 66.4 Å². The largest absolute Gasteiger partial charge is 0.490 e. The van der Waals surface area contributed by atoms with E-state index < -0.39 is 17.6 Å². The average Bonchev–Trinajstić information content (AvgIpc) is 3.07. The molecule has 1 N–H and O–H groups in total. The van der Waals surface area contributed by atoms with Gasteiger partial charge in [-0.25, -0.2) is 0 Å². The van der Waals surface area contributed by atoms with E-state index in [4.69, 9.17) is 9.47 Å². The standard InChI is InChI=1S/C37H36F3N3O4/c1-42-32-18-17-30(23-43(21-25-8-4-2-5-9-25)22-26-10-6-3-7-11-26)47-34(32)24-46-33-19-16-29(20-31(33)36(42)45)41-35(44)27-12-14-28(15-13-27)37(38,39)40/h2-16,19-20,30,32,34H,17-18,21-24H2,1H3,(H,41,44)/t30-,32-,34-/m0/s1. The first-order chi connectivity index (χ1) is 22.6. The lowest BCUT2D eigenvalue weighted by Gasteiger charge is -2.43. The Labute approximate surface area is 271 Å². The molecule has 0 spiro atoms. The number of ether oxygens (including phenoxy) is 2. The van der Waals surface area contributed by atoms with Crippen molar-refractivity contribution in [1.82, 2.24) is 9.80 Å². The van der Waals surface area contributed by atoms with Gasteiger partial charge in [-0.3, -0.25) is 14.5 Å². The molecule has 10 heteroatoms. The number of carbonyl (C=O) groups excluding carboxylic acids is 2. The molecule has 47 heavy (non-hydrogen) atoms. The Morgan fingerprint density at radius 2 is 1.53 bits per heavy atom. The van der Waals surface area contributed by atoms with Crippen molar-refractivity contribution in [2.45, 2.75) is 50.4 Å². The summed E-state index contributed by atoms with van der Waals surface area (Å²) in [5, 5.41) is 2.68. The van der Waals surface area contributed by atoms with Crippen LogP contribution in [-0.4, -0.2) is 60.1 Å². The van der Waals surface area contributed by atoms with Gasteiger partial charge in [0, 0.05) is 37.9 Å². The van der Waals surface area contributed by atoms with E-state index in [0.717, 1.165) is 56.7 Å². The van der Waals surface area contributed by atoms with Crippen molar-refractivity contribution in [1.29, 1.82) is 0 Å². The monoisotopic (exact) mass is 643 g/mol. The predicted molar refractivity (Wildman–Crippen MR) is 172 cm³/mol. The lowest BCUT2D eigenvalue weighted by Crippen LogP contribution is -2.54. The van der Waals surface area contributed by atoms with Crippen molar-refractivity contribution in [3.8, 4) is 5.75 Å². The van der Waals surface area contributed by atoms with E-state index in [1.807, 2.05) is 36.4 Å². The second-order valence-corrected chi connectivity index (χ2v) is 12.0. The predicted octanol–water partition coefficient (Wildman–Crippen LogP) is 7.04. The minimum Gasteiger partial charge on any atom is -0.490 e. The van der Waals surface area contributed by atoms with Crippen molar-refractivity contribution in [2.75, 3.05) is 25.5 Å². The van der Waals surface area contributed by atoms with Crippen LogP contribution < -0.4 is 10.1 Å². The summed E-state index contributed by atoms with van der Waals surface area (Å²) in [6, 6.07) is 29.2. The molecule has 1 fully saturated rings. The highest BCUT2D eigenvalue weighted by molar-refractivity contribution is 6.05. The molecule has 6 rings (SSSR count). The molecule has 0 aliphatic carbocycles. The molecular weight excluding hydrogens is 607 g/mol. The molecular formula is C37H36F3N3O4. The molecule has 3 atom stereocenters. The second kappa shape index (κ2) is 14.0. The fourth-order valence-electron chi connectivity index (χ4n) is 6.26. The number of hydrogen-bond acceptors (Lipinski definition) is 5. The fraction of sp³-hybridized carbons (Fsp3) is 0.297. The van der Waals surface area contributed by atoms with Gasteiger partial charge in [0.05, 0.1) is 23.3 Å². The number of nitrogens with zero attached hydrogens (tertiary/aromatic N) is 2. The van der Waals surface area contributed by atoms with Crippen molar-refractivity contribution >= 4 is 17.5 Å². The normalized spacial score (nSPS) is 19.6. The van der Waals surface area contributed by atoms with Crippen molar-refractivity contribution in [3.05, 3.63) is 131 Å². The minimum absolute atomic E-state index is 0.0440. The summed E-state index contributed by atoms with van der Waals surface area (Å²) in [4.78, 5) is 30.6. The first kappa shape index (κ1) is 32.3. The van der Waals surface area contributed by atoms with Gasteiger partial charge in [0.2, 0.25) is 0 Å². The van der Waals surface area contributed by atoms with Gasteiger partial charge in [0.25, 0.3) is 11.8 Å². The molecule has 2 aliphatic rings. The molecule has 2 heterocycles. The Morgan fingerprint density at radius 3 is 2.15 bits per heavy atom. The summed E-state index contributed by atoms with van der Waals surface area (Å²) in [6.45, 7) is 2.54. The van der Waals surface area contributed by atoms with Crippen LogP contribution in [0, 0.1) is 0 Å². The molecule has 1 saturated heterocycles. The fourth-order valence-corrected chi connectivity index (χ4v) is 6.26. The summed E-state index contributed by atoms with van der Waals surface area (Å²) >= 11 is 0. The van der Waals surface area contributed by atoms with Crippen LogP contribution in [0.3, 0.4) is 0 Å². The molecule has 0 radical (unpaired) electrons. The highest BCUT2D eigenvalue weighted by Gasteiger charge is 2.39. The highest BCUT2D eigenvalue weighted by Crippen LogP contribution is 2.33. The van der Waals surface area contributed by atoms with Gasteiger partial charge in [-0.15, -0.1) is 0 Å². The summed E-state index contributed by atoms with van der Waals surface area (Å²) in [6.07, 6.45) is -3.35. The molecule has 4 aromatic rings. The van der Waals surface area contributed by atoms with Crippen molar-refractivity contribution in [2.24, 2.45) is 0 Å². The van der Waals surface area contributed by atoms with Gasteiger partial charge in [0.1, 0.15) is 18.5 Å². The van der Waals surface area contributed by atoms with Crippen molar-refractivity contribution < 1.29 is 32.2 Å². The third kappa shape index (κ3) is 7.84. The molecule has 4 aromatic carbocycles. The van der Waals surface area contributed by atoms with Gasteiger partial charge >= 0.3 is 6.18 Å². The van der Waals surface area contributed by atoms with Crippen LogP contribution in [0.25, 0.3) is 0 Å². The van der Waals surface area contributed by atoms with E-state index in [-0.39, 0.29) is 41.9 Å². The quantitative estimate of drug-likeness (QED) is 0.223. The lowest BCUT2D eigenvalue weighted by molar-refractivity contribution is -0.137. The van der Waals surface area contributed by atoms with E-state index in [0.29, 0.717) is 11.4 Å². The minimum atomic E-state index is -4.49. The Bertz CT molecular complexity index is 1640. The number of alkyl halides is 3. The first-order valence-corrected chi connectivity index (χ1v) is 15.6. The van der Waals surface area contributed by atoms with Crippen LogP contribution in [0.2, 0.25) is 0 Å². The molecule has 244 valence electrons. The van der Waals surface area contributed by atoms with Gasteiger partial charge in [-0.2, -0.15) is 13.2 Å². The molecule has 2 aliphatic heterocycles. The summed E-state index contributed by atoms with van der Waals surface area (Å²) in [5.41, 5.74) is 2.29. The Hall–Kier alpha value is -4.67. The SMILES string of the molecule is CN1C(=O)c2cc(NC(=O)c3ccc(C(F)(F)F)cc3)ccc2OC[C@@H]2O[C@H](CN(Cc3ccccc3)Cc3ccccc3)CC[C@@H]21. The van der Waals surface area contributed by atoms with Crippen molar-refractivity contribution in [3.63, 3.8) is 0 Å². The van der Waals surface area contributed by atoms with Crippen LogP contribution in [0.5, 0.6) is 5.75 Å². The number of benzene rings is 4. The first-order valence-electron chi connectivity index (χ1n) is 15.6. The van der Waals surface area contributed by atoms with Crippen LogP contribution in [0.4, 0.5) is 18.9 Å². The van der Waals surface area contributed by atoms with Crippen LogP contribution >= 0.6 is 0 Å². The zero-order valence-corrected chi connectivity index (χ0v) is 26.0. The third-order valence-electron chi connectivity index (χ3n) is 8.70. The summed E-state index contributed by atoms with van der Waals surface area (Å²) < 4.78 is 51.5. The topological polar surface area (TPSA) is 71.1 Å². The number of rotatable bonds is 8. The number of nitrogens with one attached hydrogen (secondary N) is 1. The van der Waals surface area contributed by atoms with E-state index in [1.54, 1.807) is 24.1 Å². The maximum Gasteiger partial charge on any atom is 0.416 e. The van der Waals surface area contributed by atoms with Gasteiger partial charge in [0.15, 0.2) is 0 Å². The lowest BCUT2D eigenvalue weighted by atomic mass is 9.95. The Kier molecular flexibility index (Phi) is 9.60. The maximum atomic E-state index is 13.7. The zero-order chi connectivity index (χ0) is 33.0. The number of amides is 2. The van der Waals surface area contributed by atoms with Crippen LogP contribution in [0.15, 0.2) is 103 Å². The van der Waals surface area contributed by atoms with Gasteiger partial charge in [-0.1, -0.05) is 60.7 Å². The zero-order valence-electron chi connectivity index (χ0n) is 26.0. The van der Waals surface area contributed by atoms with E-state index >= 15 is 0 Å². The van der Waals surface area contributed by atoms with Gasteiger partial charge < -0.3 is 19.7 Å². The third-order valence-corrected chi connectivity index (χ3v) is 8.70. The number of fused-ring (bicyclic) bond motifs is 2. The maximum absolute atomic E-state index is 13.7. The van der Waals surface area contributed by atoms with E-state index in [1.165, 1.54) is 17.2 Å². The number of hydrogen-bond donors (Lipinski definition) is 1. The number of carbonyl (C=O) groups is 2. The highest BCUT2D eigenvalue weighted by atomic mass is 19.4. The Morgan fingerprint density at radius 1 is 0.894 bits per heavy atom. The molecule has 7 nitrogen and oxygen atoms in total. The molecule has 0 aromatic heterocycles. The molecule has 0 unspecified atom stereocenters. The molecule has 2 amide bonds. The molecule has 0 bridgehead atoms. The Balaban J connectivity index is 1.13. The average molecular weight is 644 g/mol. The van der Waals surface area contributed by atoms with Crippen LogP contribution in [-0.2, 0) is 24.0 Å². The van der Waals surface area contributed by atoms with E-state index in [9.17, 15) is 22.8 Å². The smallest absolute Gasteiger partial charge is 0.416 e. The summed E-state index contributed by atoms with van der Waals surface area (Å²) in [7, 11) is 1.75. The molecule has 0 saturated carbocycles. The van der Waals surface area contributed by atoms with Crippen LogP contribution in [0.1, 0.15) is 50.2 Å². The number of likely N-dealkylation sites (N-methyl/N-ethyl adjacent to an activating group) is 1. The second-order valence-electron chi connectivity index (χ2n) is 12.0. The van der Waals surface area contributed by atoms with E-state index in [2.05, 4.69) is 34.5 Å². The number of halogens is 3. The summed E-state index contributed by atoms with van der Waals surface area (Å²) in [5.74, 6) is -0.489.